The second-order valence-corrected chi connectivity index (χ2v) is 23.0. The standard InChI is InChI=1S/C67H124/c1-8-11-14-16-17-18-37-40-44-48-54-64(7)65(59-58-63(6)62(5)53-47-42-15-12-9-2)56-50-57-67-60-66(67)55-49-45-41-38-35-33-31-29-27-25-23-21-19-20-22-24-26-28-30-32-34-36-39-43-46-52-61(4)51-13-10-3/h12,15,42,46-47,50,56,62-67H,8-11,13-14,16-41,43-45,48-49,51,53-55,57-60H2,1-7H3. The summed E-state index contributed by atoms with van der Waals surface area (Å²) in [6.07, 6.45) is 80.9. The minimum Gasteiger partial charge on any atom is -0.126 e. The zero-order chi connectivity index (χ0) is 48.5. The van der Waals surface area contributed by atoms with Gasteiger partial charge in [-0.2, -0.15) is 0 Å². The van der Waals surface area contributed by atoms with Gasteiger partial charge in [-0.1, -0.05) is 303 Å². The van der Waals surface area contributed by atoms with Gasteiger partial charge in [-0.25, -0.2) is 0 Å². The second-order valence-electron chi connectivity index (χ2n) is 23.0. The second kappa shape index (κ2) is 49.7. The molecule has 0 amide bonds. The van der Waals surface area contributed by atoms with Crippen LogP contribution in [0.5, 0.6) is 0 Å². The molecule has 0 heterocycles. The zero-order valence-corrected chi connectivity index (χ0v) is 47.3. The summed E-state index contributed by atoms with van der Waals surface area (Å²) in [6.45, 7) is 16.6. The molecule has 392 valence electrons. The van der Waals surface area contributed by atoms with Crippen molar-refractivity contribution in [3.05, 3.63) is 53.8 Å². The number of allylic oxidation sites excluding steroid dienone is 7. The number of unbranched alkanes of at least 4 members (excludes halogenated alkanes) is 33. The summed E-state index contributed by atoms with van der Waals surface area (Å²) >= 11 is 0. The third-order valence-electron chi connectivity index (χ3n) is 16.4. The summed E-state index contributed by atoms with van der Waals surface area (Å²) in [6, 6.07) is 0. The van der Waals surface area contributed by atoms with Gasteiger partial charge in [0.2, 0.25) is 0 Å². The fraction of sp³-hybridized carbons (Fsp3) is 0.866. The first kappa shape index (κ1) is 63.8. The molecular weight excluding hydrogens is 805 g/mol. The van der Waals surface area contributed by atoms with Gasteiger partial charge in [0.25, 0.3) is 0 Å². The summed E-state index contributed by atoms with van der Waals surface area (Å²) in [5.41, 5.74) is 4.94. The average Bonchev–Trinajstić information content (AvgIpc) is 4.09. The largest absolute Gasteiger partial charge is 0.126 e. The molecule has 1 saturated carbocycles. The first-order chi connectivity index (χ1) is 32.9. The Hall–Kier alpha value is -1.26. The predicted molar refractivity (Wildman–Crippen MR) is 307 cm³/mol. The lowest BCUT2D eigenvalue weighted by Gasteiger charge is -2.25. The Kier molecular flexibility index (Phi) is 47.3. The van der Waals surface area contributed by atoms with Crippen LogP contribution in [0, 0.1) is 35.5 Å². The lowest BCUT2D eigenvalue weighted by molar-refractivity contribution is 0.298. The maximum absolute atomic E-state index is 3.50. The Morgan fingerprint density at radius 2 is 0.910 bits per heavy atom. The minimum absolute atomic E-state index is 0.765. The van der Waals surface area contributed by atoms with Crippen molar-refractivity contribution in [2.75, 3.05) is 0 Å². The highest BCUT2D eigenvalue weighted by Crippen LogP contribution is 2.45. The van der Waals surface area contributed by atoms with Gasteiger partial charge in [0.1, 0.15) is 0 Å². The highest BCUT2D eigenvalue weighted by molar-refractivity contribution is 5.03. The van der Waals surface area contributed by atoms with Crippen molar-refractivity contribution < 1.29 is 0 Å². The van der Waals surface area contributed by atoms with Crippen LogP contribution in [0.2, 0.25) is 0 Å². The van der Waals surface area contributed by atoms with Gasteiger partial charge < -0.3 is 0 Å². The molecule has 0 spiro atoms. The molecular formula is C67H124. The van der Waals surface area contributed by atoms with E-state index in [1.807, 2.05) is 0 Å². The highest BCUT2D eigenvalue weighted by Gasteiger charge is 2.34. The van der Waals surface area contributed by atoms with Gasteiger partial charge in [-0.15, -0.1) is 5.73 Å². The van der Waals surface area contributed by atoms with Crippen LogP contribution < -0.4 is 0 Å². The summed E-state index contributed by atoms with van der Waals surface area (Å²) in [5, 5.41) is 0. The lowest BCUT2D eigenvalue weighted by Crippen LogP contribution is -2.14. The van der Waals surface area contributed by atoms with Crippen LogP contribution in [0.4, 0.5) is 0 Å². The number of hydrogen-bond acceptors (Lipinski definition) is 0. The van der Waals surface area contributed by atoms with E-state index in [0.717, 1.165) is 41.9 Å². The van der Waals surface area contributed by atoms with Crippen LogP contribution >= 0.6 is 0 Å². The van der Waals surface area contributed by atoms with Gasteiger partial charge in [0.05, 0.1) is 0 Å². The van der Waals surface area contributed by atoms with Crippen LogP contribution in [0.15, 0.2) is 53.8 Å². The predicted octanol–water partition coefficient (Wildman–Crippen LogP) is 24.1. The molecule has 6 unspecified atom stereocenters. The topological polar surface area (TPSA) is 0 Å². The molecule has 6 atom stereocenters. The first-order valence-corrected chi connectivity index (χ1v) is 31.3. The normalized spacial score (nSPS) is 16.9. The van der Waals surface area contributed by atoms with E-state index in [1.54, 1.807) is 0 Å². The number of hydrogen-bond donors (Lipinski definition) is 0. The van der Waals surface area contributed by atoms with Crippen molar-refractivity contribution in [3.63, 3.8) is 0 Å². The third kappa shape index (κ3) is 43.3. The molecule has 0 aliphatic heterocycles. The molecule has 1 aliphatic rings. The van der Waals surface area contributed by atoms with Crippen LogP contribution in [-0.4, -0.2) is 0 Å². The van der Waals surface area contributed by atoms with Crippen LogP contribution in [-0.2, 0) is 0 Å². The summed E-state index contributed by atoms with van der Waals surface area (Å²) in [4.78, 5) is 0. The molecule has 1 fully saturated rings. The Bertz CT molecular complexity index is 1160. The van der Waals surface area contributed by atoms with E-state index in [0.29, 0.717) is 0 Å². The summed E-state index contributed by atoms with van der Waals surface area (Å²) < 4.78 is 0. The minimum atomic E-state index is 0.765. The monoisotopic (exact) mass is 929 g/mol. The van der Waals surface area contributed by atoms with Gasteiger partial charge >= 0.3 is 0 Å². The average molecular weight is 930 g/mol. The zero-order valence-electron chi connectivity index (χ0n) is 47.3. The Morgan fingerprint density at radius 1 is 0.448 bits per heavy atom. The van der Waals surface area contributed by atoms with Crippen LogP contribution in [0.3, 0.4) is 0 Å². The van der Waals surface area contributed by atoms with Crippen LogP contribution in [0.25, 0.3) is 0 Å². The van der Waals surface area contributed by atoms with E-state index in [4.69, 9.17) is 0 Å². The highest BCUT2D eigenvalue weighted by atomic mass is 14.4. The van der Waals surface area contributed by atoms with Crippen molar-refractivity contribution >= 4 is 0 Å². The molecule has 1 aliphatic carbocycles. The maximum Gasteiger partial charge on any atom is -0.0208 e. The molecule has 0 bridgehead atoms. The molecule has 0 nitrogen and oxygen atoms in total. The SMILES string of the molecule is CCC=CC=CCC(C)C(C)CCC(C=CCC1CC1CCCCCCCCCCCCCCCCCCCCCCCCCC=C=C(C)CCCC)C(C)CCCCCCCCCCCC. The molecule has 0 heteroatoms. The van der Waals surface area contributed by atoms with E-state index >= 15 is 0 Å². The van der Waals surface area contributed by atoms with E-state index in [1.165, 1.54) is 288 Å². The Labute approximate surface area is 424 Å². The molecule has 0 saturated heterocycles. The van der Waals surface area contributed by atoms with E-state index in [9.17, 15) is 0 Å². The maximum atomic E-state index is 3.50. The molecule has 0 radical (unpaired) electrons. The Morgan fingerprint density at radius 3 is 1.42 bits per heavy atom. The molecule has 0 aromatic heterocycles. The fourth-order valence-electron chi connectivity index (χ4n) is 10.8. The Balaban J connectivity index is 2.05. The summed E-state index contributed by atoms with van der Waals surface area (Å²) in [7, 11) is 0. The lowest BCUT2D eigenvalue weighted by atomic mass is 9.81. The van der Waals surface area contributed by atoms with Gasteiger partial charge in [-0.3, -0.25) is 0 Å². The third-order valence-corrected chi connectivity index (χ3v) is 16.4. The molecule has 67 heavy (non-hydrogen) atoms. The van der Waals surface area contributed by atoms with Crippen molar-refractivity contribution in [3.8, 4) is 0 Å². The fourth-order valence-corrected chi connectivity index (χ4v) is 10.8. The molecule has 0 aromatic carbocycles. The van der Waals surface area contributed by atoms with Gasteiger partial charge in [0.15, 0.2) is 0 Å². The first-order valence-electron chi connectivity index (χ1n) is 31.3. The quantitative estimate of drug-likeness (QED) is 0.0247. The van der Waals surface area contributed by atoms with Crippen molar-refractivity contribution in [2.24, 2.45) is 35.5 Å². The molecule has 0 N–H and O–H groups in total. The molecule has 0 aromatic rings. The van der Waals surface area contributed by atoms with Crippen molar-refractivity contribution in [1.82, 2.24) is 0 Å². The van der Waals surface area contributed by atoms with Gasteiger partial charge in [-0.05, 0) is 118 Å². The number of rotatable bonds is 52. The van der Waals surface area contributed by atoms with E-state index in [-0.39, 0.29) is 0 Å². The smallest absolute Gasteiger partial charge is 0.0208 e. The van der Waals surface area contributed by atoms with E-state index in [2.05, 4.69) is 96.7 Å². The van der Waals surface area contributed by atoms with E-state index < -0.39 is 0 Å². The van der Waals surface area contributed by atoms with Crippen molar-refractivity contribution in [1.29, 1.82) is 0 Å². The van der Waals surface area contributed by atoms with Gasteiger partial charge in [0, 0.05) is 0 Å². The van der Waals surface area contributed by atoms with Crippen molar-refractivity contribution in [2.45, 2.75) is 337 Å². The summed E-state index contributed by atoms with van der Waals surface area (Å²) in [5.74, 6) is 5.18. The molecule has 1 rings (SSSR count). The van der Waals surface area contributed by atoms with Crippen LogP contribution in [0.1, 0.15) is 337 Å².